The van der Waals surface area contributed by atoms with Crippen molar-refractivity contribution in [2.75, 3.05) is 6.26 Å². The summed E-state index contributed by atoms with van der Waals surface area (Å²) in [7, 11) is -3.34. The molecule has 146 valence electrons. The fourth-order valence-corrected chi connectivity index (χ4v) is 4.03. The van der Waals surface area contributed by atoms with E-state index >= 15 is 0 Å². The number of rotatable bonds is 4. The molecule has 0 N–H and O–H groups in total. The van der Waals surface area contributed by atoms with E-state index in [9.17, 15) is 8.42 Å². The molecule has 0 saturated heterocycles. The van der Waals surface area contributed by atoms with Crippen LogP contribution in [0.2, 0.25) is 10.0 Å². The summed E-state index contributed by atoms with van der Waals surface area (Å²) in [5.41, 5.74) is 3.38. The van der Waals surface area contributed by atoms with Crippen molar-refractivity contribution >= 4 is 33.0 Å². The maximum absolute atomic E-state index is 11.7. The predicted octanol–water partition coefficient (Wildman–Crippen LogP) is 4.71. The Hall–Kier alpha value is -2.74. The monoisotopic (exact) mass is 444 g/mol. The maximum atomic E-state index is 11.7. The number of halogens is 2. The molecule has 0 fully saturated rings. The van der Waals surface area contributed by atoms with Gasteiger partial charge >= 0.3 is 0 Å². The average molecular weight is 445 g/mol. The second kappa shape index (κ2) is 7.59. The largest absolute Gasteiger partial charge is 0.256 e. The Morgan fingerprint density at radius 1 is 0.897 bits per heavy atom. The van der Waals surface area contributed by atoms with Crippen molar-refractivity contribution in [2.24, 2.45) is 0 Å². The van der Waals surface area contributed by atoms with E-state index in [0.717, 1.165) is 23.2 Å². The summed E-state index contributed by atoms with van der Waals surface area (Å²) >= 11 is 12.6. The third kappa shape index (κ3) is 4.03. The zero-order valence-electron chi connectivity index (χ0n) is 15.1. The quantitative estimate of drug-likeness (QED) is 0.455. The molecular formula is C20H14Cl2N4O2S. The van der Waals surface area contributed by atoms with E-state index < -0.39 is 9.84 Å². The van der Waals surface area contributed by atoms with Crippen molar-refractivity contribution in [3.63, 3.8) is 0 Å². The molecule has 0 spiro atoms. The summed E-state index contributed by atoms with van der Waals surface area (Å²) in [6.07, 6.45) is 4.55. The minimum absolute atomic E-state index is 0.149. The van der Waals surface area contributed by atoms with E-state index in [2.05, 4.69) is 15.3 Å². The van der Waals surface area contributed by atoms with Gasteiger partial charge in [-0.1, -0.05) is 34.5 Å². The first-order chi connectivity index (χ1) is 13.8. The molecule has 0 saturated carbocycles. The number of nitrogens with zero attached hydrogens (tertiary/aromatic N) is 4. The Morgan fingerprint density at radius 2 is 1.72 bits per heavy atom. The summed E-state index contributed by atoms with van der Waals surface area (Å²) in [5, 5.41) is 9.20. The highest BCUT2D eigenvalue weighted by molar-refractivity contribution is 7.90. The average Bonchev–Trinajstić information content (AvgIpc) is 3.18. The number of pyridine rings is 1. The summed E-state index contributed by atoms with van der Waals surface area (Å²) in [4.78, 5) is 4.49. The SMILES string of the molecule is CS(=O)(=O)c1ccc(-c2cn(-c3ccc(Cl)c(-c4ccccn4)c3)nn2)c(Cl)c1. The molecule has 0 amide bonds. The molecule has 2 aromatic carbocycles. The summed E-state index contributed by atoms with van der Waals surface area (Å²) < 4.78 is 25.0. The van der Waals surface area contributed by atoms with E-state index in [4.69, 9.17) is 23.2 Å². The first-order valence-corrected chi connectivity index (χ1v) is 11.1. The molecule has 0 bridgehead atoms. The first-order valence-electron chi connectivity index (χ1n) is 8.46. The van der Waals surface area contributed by atoms with Crippen LogP contribution in [-0.2, 0) is 9.84 Å². The number of sulfone groups is 1. The Balaban J connectivity index is 1.72. The second-order valence-electron chi connectivity index (χ2n) is 6.34. The zero-order chi connectivity index (χ0) is 20.6. The molecule has 0 aliphatic carbocycles. The molecule has 0 aliphatic rings. The summed E-state index contributed by atoms with van der Waals surface area (Å²) in [5.74, 6) is 0. The van der Waals surface area contributed by atoms with Gasteiger partial charge in [-0.05, 0) is 48.5 Å². The number of hydrogen-bond donors (Lipinski definition) is 0. The van der Waals surface area contributed by atoms with Crippen LogP contribution in [0.15, 0.2) is 71.9 Å². The minimum Gasteiger partial charge on any atom is -0.256 e. The molecule has 0 aliphatic heterocycles. The van der Waals surface area contributed by atoms with Crippen LogP contribution in [0.4, 0.5) is 0 Å². The zero-order valence-corrected chi connectivity index (χ0v) is 17.4. The van der Waals surface area contributed by atoms with Gasteiger partial charge in [0.15, 0.2) is 9.84 Å². The van der Waals surface area contributed by atoms with Crippen molar-refractivity contribution in [1.82, 2.24) is 20.0 Å². The van der Waals surface area contributed by atoms with Gasteiger partial charge in [0.05, 0.1) is 32.5 Å². The van der Waals surface area contributed by atoms with Crippen LogP contribution in [0, 0.1) is 0 Å². The third-order valence-electron chi connectivity index (χ3n) is 4.29. The van der Waals surface area contributed by atoms with Gasteiger partial charge in [-0.3, -0.25) is 4.98 Å². The van der Waals surface area contributed by atoms with E-state index in [1.165, 1.54) is 12.1 Å². The Morgan fingerprint density at radius 3 is 2.41 bits per heavy atom. The molecule has 0 radical (unpaired) electrons. The lowest BCUT2D eigenvalue weighted by Gasteiger charge is -2.07. The van der Waals surface area contributed by atoms with Gasteiger partial charge < -0.3 is 0 Å². The number of benzene rings is 2. The summed E-state index contributed by atoms with van der Waals surface area (Å²) in [6, 6.07) is 15.6. The second-order valence-corrected chi connectivity index (χ2v) is 9.17. The van der Waals surface area contributed by atoms with E-state index in [0.29, 0.717) is 16.3 Å². The van der Waals surface area contributed by atoms with Gasteiger partial charge in [-0.2, -0.15) is 0 Å². The van der Waals surface area contributed by atoms with Crippen molar-refractivity contribution in [2.45, 2.75) is 4.90 Å². The van der Waals surface area contributed by atoms with Crippen LogP contribution in [-0.4, -0.2) is 34.7 Å². The number of aromatic nitrogens is 4. The van der Waals surface area contributed by atoms with Crippen LogP contribution in [0.25, 0.3) is 28.2 Å². The normalized spacial score (nSPS) is 11.6. The van der Waals surface area contributed by atoms with E-state index in [-0.39, 0.29) is 9.92 Å². The highest BCUT2D eigenvalue weighted by Gasteiger charge is 2.14. The molecule has 0 atom stereocenters. The maximum Gasteiger partial charge on any atom is 0.175 e. The van der Waals surface area contributed by atoms with Crippen molar-refractivity contribution < 1.29 is 8.42 Å². The smallest absolute Gasteiger partial charge is 0.175 e. The predicted molar refractivity (Wildman–Crippen MR) is 113 cm³/mol. The molecule has 4 rings (SSSR count). The van der Waals surface area contributed by atoms with E-state index in [1.807, 2.05) is 30.3 Å². The highest BCUT2D eigenvalue weighted by Crippen LogP contribution is 2.31. The topological polar surface area (TPSA) is 77.7 Å². The molecule has 2 heterocycles. The van der Waals surface area contributed by atoms with Gasteiger partial charge in [0.2, 0.25) is 0 Å². The first kappa shape index (κ1) is 19.6. The lowest BCUT2D eigenvalue weighted by Crippen LogP contribution is -1.97. The fraction of sp³-hybridized carbons (Fsp3) is 0.0500. The number of hydrogen-bond acceptors (Lipinski definition) is 5. The Kier molecular flexibility index (Phi) is 5.12. The minimum atomic E-state index is -3.34. The van der Waals surface area contributed by atoms with Gasteiger partial charge in [0.1, 0.15) is 5.69 Å². The lowest BCUT2D eigenvalue weighted by molar-refractivity contribution is 0.602. The van der Waals surface area contributed by atoms with Gasteiger partial charge in [0, 0.05) is 23.6 Å². The van der Waals surface area contributed by atoms with Crippen molar-refractivity contribution in [1.29, 1.82) is 0 Å². The van der Waals surface area contributed by atoms with Crippen LogP contribution in [0.3, 0.4) is 0 Å². The molecule has 4 aromatic rings. The van der Waals surface area contributed by atoms with Gasteiger partial charge in [0.25, 0.3) is 0 Å². The molecule has 9 heteroatoms. The van der Waals surface area contributed by atoms with Crippen LogP contribution in [0.5, 0.6) is 0 Å². The summed E-state index contributed by atoms with van der Waals surface area (Å²) in [6.45, 7) is 0. The Bertz CT molecular complexity index is 1310. The highest BCUT2D eigenvalue weighted by atomic mass is 35.5. The van der Waals surface area contributed by atoms with Gasteiger partial charge in [-0.25, -0.2) is 13.1 Å². The lowest BCUT2D eigenvalue weighted by atomic mass is 10.1. The molecular weight excluding hydrogens is 431 g/mol. The van der Waals surface area contributed by atoms with Crippen molar-refractivity contribution in [3.8, 4) is 28.2 Å². The molecule has 29 heavy (non-hydrogen) atoms. The molecule has 0 unspecified atom stereocenters. The fourth-order valence-electron chi connectivity index (χ4n) is 2.82. The molecule has 6 nitrogen and oxygen atoms in total. The van der Waals surface area contributed by atoms with E-state index in [1.54, 1.807) is 29.2 Å². The Labute approximate surface area is 177 Å². The van der Waals surface area contributed by atoms with Crippen LogP contribution >= 0.6 is 23.2 Å². The third-order valence-corrected chi connectivity index (χ3v) is 6.05. The van der Waals surface area contributed by atoms with Gasteiger partial charge in [-0.15, -0.1) is 5.10 Å². The van der Waals surface area contributed by atoms with Crippen LogP contribution in [0.1, 0.15) is 0 Å². The van der Waals surface area contributed by atoms with Crippen molar-refractivity contribution in [3.05, 3.63) is 77.0 Å². The molecule has 2 aromatic heterocycles. The van der Waals surface area contributed by atoms with Crippen LogP contribution < -0.4 is 0 Å². The standard InChI is InChI=1S/C20H14Cl2N4O2S/c1-29(27,28)14-6-7-15(18(22)11-14)20-12-26(25-24-20)13-5-8-17(21)16(10-13)19-4-2-3-9-23-19/h2-12H,1H3.